The highest BCUT2D eigenvalue weighted by Crippen LogP contribution is 1.88. The van der Waals surface area contributed by atoms with E-state index in [0.717, 1.165) is 6.21 Å². The fourth-order valence-electron chi connectivity index (χ4n) is 0.426. The highest BCUT2D eigenvalue weighted by Gasteiger charge is 2.03. The Hall–Kier alpha value is -1.66. The molecule has 0 unspecified atom stereocenters. The molecular weight excluding hydrogens is 144 g/mol. The third-order valence-electron chi connectivity index (χ3n) is 0.685. The van der Waals surface area contributed by atoms with Crippen LogP contribution in [0.4, 0.5) is 0 Å². The van der Waals surface area contributed by atoms with Gasteiger partial charge in [0.1, 0.15) is 0 Å². The smallest absolute Gasteiger partial charge is 0.342 e. The lowest BCUT2D eigenvalue weighted by molar-refractivity contribution is 0.00428. The van der Waals surface area contributed by atoms with E-state index in [9.17, 15) is 0 Å². The normalized spacial score (nSPS) is 10.2. The zero-order chi connectivity index (χ0) is 8.69. The van der Waals surface area contributed by atoms with E-state index < -0.39 is 0 Å². The molecule has 0 heterocycles. The molecule has 0 bridgehead atoms. The van der Waals surface area contributed by atoms with Gasteiger partial charge in [0.2, 0.25) is 6.19 Å². The van der Waals surface area contributed by atoms with E-state index in [1.807, 2.05) is 0 Å². The van der Waals surface area contributed by atoms with Crippen molar-refractivity contribution in [3.8, 4) is 6.19 Å². The van der Waals surface area contributed by atoms with Crippen molar-refractivity contribution in [2.75, 3.05) is 0 Å². The molecule has 0 aliphatic carbocycles. The SMILES string of the molecule is CC(C)OC(C=[N+]=[N-])=NC#N. The third-order valence-corrected chi connectivity index (χ3v) is 0.685. The fourth-order valence-corrected chi connectivity index (χ4v) is 0.426. The summed E-state index contributed by atoms with van der Waals surface area (Å²) in [6.07, 6.45) is 2.38. The monoisotopic (exact) mass is 152 g/mol. The zero-order valence-electron chi connectivity index (χ0n) is 6.35. The first-order valence-corrected chi connectivity index (χ1v) is 3.01. The van der Waals surface area contributed by atoms with Gasteiger partial charge in [0.05, 0.1) is 6.10 Å². The number of nitriles is 1. The molecule has 0 saturated carbocycles. The molecule has 0 N–H and O–H groups in total. The first-order chi connectivity index (χ1) is 5.20. The minimum absolute atomic E-state index is 0.00463. The molecule has 0 saturated heterocycles. The summed E-state index contributed by atoms with van der Waals surface area (Å²) in [5.41, 5.74) is 8.08. The number of nitrogens with zero attached hydrogens (tertiary/aromatic N) is 4. The van der Waals surface area contributed by atoms with Crippen LogP contribution in [0.1, 0.15) is 13.8 Å². The Morgan fingerprint density at radius 3 is 2.82 bits per heavy atom. The van der Waals surface area contributed by atoms with Crippen molar-refractivity contribution in [3.63, 3.8) is 0 Å². The summed E-state index contributed by atoms with van der Waals surface area (Å²) in [7, 11) is 0. The molecule has 0 amide bonds. The number of hydrogen-bond donors (Lipinski definition) is 0. The second kappa shape index (κ2) is 5.15. The third kappa shape index (κ3) is 4.82. The molecule has 0 radical (unpaired) electrons. The summed E-state index contributed by atoms with van der Waals surface area (Å²) >= 11 is 0. The molecule has 5 heteroatoms. The lowest BCUT2D eigenvalue weighted by Gasteiger charge is -2.03. The van der Waals surface area contributed by atoms with Gasteiger partial charge >= 0.3 is 12.1 Å². The lowest BCUT2D eigenvalue weighted by Crippen LogP contribution is -2.12. The largest absolute Gasteiger partial charge is 0.469 e. The predicted molar refractivity (Wildman–Crippen MR) is 39.0 cm³/mol. The van der Waals surface area contributed by atoms with Crippen molar-refractivity contribution in [1.29, 1.82) is 5.26 Å². The van der Waals surface area contributed by atoms with E-state index in [-0.39, 0.29) is 12.0 Å². The molecular formula is C6H8N4O. The Labute approximate surface area is 64.5 Å². The van der Waals surface area contributed by atoms with Gasteiger partial charge in [0, 0.05) is 0 Å². The van der Waals surface area contributed by atoms with Crippen molar-refractivity contribution in [2.24, 2.45) is 4.99 Å². The topological polar surface area (TPSA) is 81.8 Å². The van der Waals surface area contributed by atoms with E-state index in [0.29, 0.717) is 0 Å². The van der Waals surface area contributed by atoms with Crippen LogP contribution in [0.15, 0.2) is 4.99 Å². The van der Waals surface area contributed by atoms with Gasteiger partial charge in [-0.05, 0) is 13.8 Å². The lowest BCUT2D eigenvalue weighted by atomic mass is 10.5. The van der Waals surface area contributed by atoms with Crippen molar-refractivity contribution in [1.82, 2.24) is 0 Å². The molecule has 58 valence electrons. The Balaban J connectivity index is 4.26. The van der Waals surface area contributed by atoms with E-state index in [1.54, 1.807) is 13.8 Å². The van der Waals surface area contributed by atoms with Crippen LogP contribution in [0, 0.1) is 11.5 Å². The summed E-state index contributed by atoms with van der Waals surface area (Å²) in [5.74, 6) is 0.00463. The second-order valence-electron chi connectivity index (χ2n) is 1.96. The quantitative estimate of drug-likeness (QED) is 0.191. The zero-order valence-corrected chi connectivity index (χ0v) is 6.35. The van der Waals surface area contributed by atoms with Gasteiger partial charge in [-0.15, -0.1) is 4.99 Å². The number of hydrogen-bond acceptors (Lipinski definition) is 3. The summed E-state index contributed by atoms with van der Waals surface area (Å²) < 4.78 is 4.95. The maximum Gasteiger partial charge on any atom is 0.342 e. The van der Waals surface area contributed by atoms with Gasteiger partial charge in [-0.1, -0.05) is 0 Å². The molecule has 0 aromatic carbocycles. The van der Waals surface area contributed by atoms with Gasteiger partial charge in [-0.3, -0.25) is 0 Å². The predicted octanol–water partition coefficient (Wildman–Crippen LogP) is 0.592. The molecule has 0 aliphatic rings. The Bertz CT molecular complexity index is 231. The fraction of sp³-hybridized carbons (Fsp3) is 0.500. The van der Waals surface area contributed by atoms with Crippen LogP contribution in [-0.4, -0.2) is 23.0 Å². The minimum Gasteiger partial charge on any atom is -0.469 e. The van der Waals surface area contributed by atoms with Crippen molar-refractivity contribution < 1.29 is 9.53 Å². The molecule has 0 aromatic heterocycles. The highest BCUT2D eigenvalue weighted by molar-refractivity contribution is 6.24. The van der Waals surface area contributed by atoms with Gasteiger partial charge in [0.25, 0.3) is 0 Å². The minimum atomic E-state index is -0.0971. The van der Waals surface area contributed by atoms with Crippen LogP contribution < -0.4 is 0 Å². The van der Waals surface area contributed by atoms with Crippen LogP contribution in [0.5, 0.6) is 0 Å². The number of rotatable bonds is 2. The molecule has 11 heavy (non-hydrogen) atoms. The van der Waals surface area contributed by atoms with Crippen LogP contribution in [0.3, 0.4) is 0 Å². The standard InChI is InChI=1S/C6H8N4O/c1-5(2)11-6(3-10-8)9-4-7/h3,5H,1-2H3. The van der Waals surface area contributed by atoms with Crippen LogP contribution in [0.25, 0.3) is 5.53 Å². The first kappa shape index (κ1) is 9.34. The van der Waals surface area contributed by atoms with Crippen molar-refractivity contribution in [2.45, 2.75) is 20.0 Å². The van der Waals surface area contributed by atoms with Crippen molar-refractivity contribution >= 4 is 12.1 Å². The Kier molecular flexibility index (Phi) is 4.37. The Morgan fingerprint density at radius 2 is 2.45 bits per heavy atom. The van der Waals surface area contributed by atoms with E-state index >= 15 is 0 Å². The summed E-state index contributed by atoms with van der Waals surface area (Å²) in [5, 5.41) is 8.12. The van der Waals surface area contributed by atoms with E-state index in [4.69, 9.17) is 15.5 Å². The average molecular weight is 152 g/mol. The molecule has 0 fully saturated rings. The number of aliphatic imine (C=N–C) groups is 1. The van der Waals surface area contributed by atoms with E-state index in [1.165, 1.54) is 6.19 Å². The van der Waals surface area contributed by atoms with Gasteiger partial charge in [-0.25, -0.2) is 0 Å². The maximum absolute atomic E-state index is 8.12. The summed E-state index contributed by atoms with van der Waals surface area (Å²) in [4.78, 5) is 5.92. The van der Waals surface area contributed by atoms with Crippen LogP contribution in [-0.2, 0) is 4.74 Å². The number of ether oxygens (including phenoxy) is 1. The van der Waals surface area contributed by atoms with Gasteiger partial charge in [0.15, 0.2) is 0 Å². The summed E-state index contributed by atoms with van der Waals surface area (Å²) in [6.45, 7) is 3.55. The molecule has 0 atom stereocenters. The molecule has 0 spiro atoms. The highest BCUT2D eigenvalue weighted by atomic mass is 16.5. The maximum atomic E-state index is 8.12. The Morgan fingerprint density at radius 1 is 1.82 bits per heavy atom. The van der Waals surface area contributed by atoms with E-state index in [2.05, 4.69) is 9.78 Å². The van der Waals surface area contributed by atoms with Crippen LogP contribution >= 0.6 is 0 Å². The molecule has 0 aromatic rings. The van der Waals surface area contributed by atoms with Crippen molar-refractivity contribution in [3.05, 3.63) is 5.53 Å². The summed E-state index contributed by atoms with van der Waals surface area (Å²) in [6, 6.07) is 0. The first-order valence-electron chi connectivity index (χ1n) is 3.01. The second-order valence-corrected chi connectivity index (χ2v) is 1.96. The van der Waals surface area contributed by atoms with Gasteiger partial charge in [-0.2, -0.15) is 10.1 Å². The van der Waals surface area contributed by atoms with Crippen LogP contribution in [0.2, 0.25) is 0 Å². The average Bonchev–Trinajstić information content (AvgIpc) is 1.87. The molecule has 0 aliphatic heterocycles. The molecule has 5 nitrogen and oxygen atoms in total. The van der Waals surface area contributed by atoms with Gasteiger partial charge < -0.3 is 10.3 Å². The molecule has 0 rings (SSSR count).